The highest BCUT2D eigenvalue weighted by Gasteiger charge is 2.34. The Balaban J connectivity index is 2.09. The van der Waals surface area contributed by atoms with Crippen LogP contribution >= 0.6 is 0 Å². The highest BCUT2D eigenvalue weighted by atomic mass is 19.4. The molecule has 4 amide bonds. The van der Waals surface area contributed by atoms with Crippen LogP contribution in [-0.2, 0) is 11.0 Å². The largest absolute Gasteiger partial charge is 0.418 e. The third-order valence-corrected chi connectivity index (χ3v) is 3.92. The number of alkyl halides is 3. The molecule has 31 heavy (non-hydrogen) atoms. The highest BCUT2D eigenvalue weighted by Crippen LogP contribution is 2.36. The number of carbonyl (C=O) groups excluding carboxylic acids is 3. The maximum atomic E-state index is 13.4. The molecule has 0 heterocycles. The number of halogens is 4. The van der Waals surface area contributed by atoms with Crippen LogP contribution in [0, 0.1) is 5.82 Å². The Labute approximate surface area is 175 Å². The summed E-state index contributed by atoms with van der Waals surface area (Å²) in [6, 6.07) is 6.71. The van der Waals surface area contributed by atoms with Crippen molar-refractivity contribution in [3.8, 4) is 0 Å². The Morgan fingerprint density at radius 2 is 1.68 bits per heavy atom. The summed E-state index contributed by atoms with van der Waals surface area (Å²) in [4.78, 5) is 35.3. The minimum atomic E-state index is -4.78. The van der Waals surface area contributed by atoms with Gasteiger partial charge in [-0.05, 0) is 48.9 Å². The first-order chi connectivity index (χ1) is 14.6. The van der Waals surface area contributed by atoms with Crippen LogP contribution < -0.4 is 21.3 Å². The Morgan fingerprint density at radius 3 is 2.29 bits per heavy atom. The fraction of sp³-hybridized carbons (Fsp3) is 0.250. The van der Waals surface area contributed by atoms with Crippen LogP contribution in [0.25, 0.3) is 0 Å². The first kappa shape index (κ1) is 23.6. The Morgan fingerprint density at radius 1 is 1.00 bits per heavy atom. The lowest BCUT2D eigenvalue weighted by molar-refractivity contribution is -0.137. The van der Waals surface area contributed by atoms with Gasteiger partial charge in [0.15, 0.2) is 0 Å². The summed E-state index contributed by atoms with van der Waals surface area (Å²) >= 11 is 0. The number of amides is 4. The van der Waals surface area contributed by atoms with Crippen LogP contribution in [0.15, 0.2) is 42.5 Å². The lowest BCUT2D eigenvalue weighted by atomic mass is 10.1. The maximum absolute atomic E-state index is 13.4. The zero-order chi connectivity index (χ0) is 23.0. The van der Waals surface area contributed by atoms with E-state index in [1.54, 1.807) is 0 Å². The number of urea groups is 1. The van der Waals surface area contributed by atoms with Gasteiger partial charge in [-0.2, -0.15) is 13.2 Å². The van der Waals surface area contributed by atoms with E-state index < -0.39 is 47.6 Å². The lowest BCUT2D eigenvalue weighted by Gasteiger charge is -2.16. The molecule has 7 nitrogen and oxygen atoms in total. The molecule has 0 saturated carbocycles. The van der Waals surface area contributed by atoms with E-state index in [9.17, 15) is 31.9 Å². The van der Waals surface area contributed by atoms with Gasteiger partial charge >= 0.3 is 12.2 Å². The van der Waals surface area contributed by atoms with Gasteiger partial charge in [-0.25, -0.2) is 9.18 Å². The van der Waals surface area contributed by atoms with Crippen molar-refractivity contribution in [3.05, 3.63) is 59.4 Å². The number of imide groups is 1. The molecule has 0 bridgehead atoms. The monoisotopic (exact) mass is 440 g/mol. The predicted molar refractivity (Wildman–Crippen MR) is 106 cm³/mol. The van der Waals surface area contributed by atoms with Crippen molar-refractivity contribution in [3.63, 3.8) is 0 Å². The normalized spacial score (nSPS) is 10.9. The Kier molecular flexibility index (Phi) is 7.94. The van der Waals surface area contributed by atoms with E-state index in [-0.39, 0.29) is 11.3 Å². The molecule has 0 fully saturated rings. The molecule has 0 radical (unpaired) electrons. The fourth-order valence-electron chi connectivity index (χ4n) is 2.44. The molecular formula is C20H20F4N4O3. The number of anilines is 2. The molecule has 2 rings (SSSR count). The number of hydrogen-bond acceptors (Lipinski definition) is 4. The zero-order valence-electron chi connectivity index (χ0n) is 16.4. The van der Waals surface area contributed by atoms with Gasteiger partial charge in [0.25, 0.3) is 5.91 Å². The average molecular weight is 440 g/mol. The van der Waals surface area contributed by atoms with Crippen LogP contribution in [0.4, 0.5) is 33.7 Å². The quantitative estimate of drug-likeness (QED) is 0.493. The molecule has 11 heteroatoms. The molecular weight excluding hydrogens is 420 g/mol. The van der Waals surface area contributed by atoms with Crippen molar-refractivity contribution in [2.45, 2.75) is 19.5 Å². The number of carbonyl (C=O) groups is 3. The molecule has 0 aromatic heterocycles. The number of rotatable bonds is 7. The maximum Gasteiger partial charge on any atom is 0.418 e. The third-order valence-electron chi connectivity index (χ3n) is 3.92. The average Bonchev–Trinajstić information content (AvgIpc) is 2.71. The molecule has 0 aliphatic carbocycles. The van der Waals surface area contributed by atoms with E-state index in [2.05, 4.69) is 16.0 Å². The van der Waals surface area contributed by atoms with E-state index in [1.165, 1.54) is 18.2 Å². The van der Waals surface area contributed by atoms with E-state index in [4.69, 9.17) is 0 Å². The molecule has 4 N–H and O–H groups in total. The number of nitrogens with one attached hydrogen (secondary N) is 4. The van der Waals surface area contributed by atoms with Gasteiger partial charge in [-0.3, -0.25) is 14.9 Å². The molecule has 0 saturated heterocycles. The highest BCUT2D eigenvalue weighted by molar-refractivity contribution is 6.04. The summed E-state index contributed by atoms with van der Waals surface area (Å²) < 4.78 is 53.3. The van der Waals surface area contributed by atoms with Gasteiger partial charge in [0.1, 0.15) is 5.82 Å². The summed E-state index contributed by atoms with van der Waals surface area (Å²) in [6.07, 6.45) is -4.13. The molecule has 2 aromatic carbocycles. The second-order valence-corrected chi connectivity index (χ2v) is 6.38. The summed E-state index contributed by atoms with van der Waals surface area (Å²) in [7, 11) is 0. The molecule has 166 valence electrons. The third kappa shape index (κ3) is 7.28. The Bertz CT molecular complexity index is 946. The second-order valence-electron chi connectivity index (χ2n) is 6.38. The summed E-state index contributed by atoms with van der Waals surface area (Å²) in [6.45, 7) is 1.58. The van der Waals surface area contributed by atoms with Crippen molar-refractivity contribution in [2.75, 3.05) is 23.7 Å². The topological polar surface area (TPSA) is 99.3 Å². The number of hydrogen-bond donors (Lipinski definition) is 4. The smallest absolute Gasteiger partial charge is 0.376 e. The summed E-state index contributed by atoms with van der Waals surface area (Å²) in [5.74, 6) is -2.10. The number of benzene rings is 2. The SMILES string of the molecule is CCCNC(=O)NC(=O)CNc1ccc(NC(=O)c2ccc(F)cc2)cc1C(F)(F)F. The van der Waals surface area contributed by atoms with E-state index >= 15 is 0 Å². The van der Waals surface area contributed by atoms with Gasteiger partial charge in [0, 0.05) is 23.5 Å². The predicted octanol–water partition coefficient (Wildman–Crippen LogP) is 3.74. The van der Waals surface area contributed by atoms with Gasteiger partial charge in [0.2, 0.25) is 5.91 Å². The zero-order valence-corrected chi connectivity index (χ0v) is 16.4. The second kappa shape index (κ2) is 10.4. The Hall–Kier alpha value is -3.63. The first-order valence-electron chi connectivity index (χ1n) is 9.20. The summed E-state index contributed by atoms with van der Waals surface area (Å²) in [5, 5.41) is 9.03. The van der Waals surface area contributed by atoms with Gasteiger partial charge in [-0.1, -0.05) is 6.92 Å². The minimum Gasteiger partial charge on any atom is -0.376 e. The molecule has 0 atom stereocenters. The van der Waals surface area contributed by atoms with Crippen LogP contribution in [-0.4, -0.2) is 30.9 Å². The standard InChI is InChI=1S/C20H20F4N4O3/c1-2-9-25-19(31)28-17(29)11-26-16-8-7-14(10-15(16)20(22,23)24)27-18(30)12-3-5-13(21)6-4-12/h3-8,10,26H,2,9,11H2,1H3,(H,27,30)(H2,25,28,29,31). The molecule has 2 aromatic rings. The van der Waals surface area contributed by atoms with Crippen molar-refractivity contribution in [1.82, 2.24) is 10.6 Å². The van der Waals surface area contributed by atoms with Crippen LogP contribution in [0.2, 0.25) is 0 Å². The van der Waals surface area contributed by atoms with Crippen LogP contribution in [0.5, 0.6) is 0 Å². The van der Waals surface area contributed by atoms with E-state index in [0.717, 1.165) is 18.2 Å². The lowest BCUT2D eigenvalue weighted by Crippen LogP contribution is -2.42. The van der Waals surface area contributed by atoms with Crippen molar-refractivity contribution < 1.29 is 31.9 Å². The fourth-order valence-corrected chi connectivity index (χ4v) is 2.44. The van der Waals surface area contributed by atoms with Gasteiger partial charge < -0.3 is 16.0 Å². The molecule has 0 unspecified atom stereocenters. The van der Waals surface area contributed by atoms with E-state index in [1.807, 2.05) is 12.2 Å². The molecule has 0 aliphatic heterocycles. The van der Waals surface area contributed by atoms with Crippen molar-refractivity contribution in [1.29, 1.82) is 0 Å². The minimum absolute atomic E-state index is 0.0650. The van der Waals surface area contributed by atoms with Gasteiger partial charge in [0.05, 0.1) is 12.1 Å². The summed E-state index contributed by atoms with van der Waals surface area (Å²) in [5.41, 5.74) is -1.60. The molecule has 0 spiro atoms. The van der Waals surface area contributed by atoms with Crippen molar-refractivity contribution in [2.24, 2.45) is 0 Å². The molecule has 0 aliphatic rings. The van der Waals surface area contributed by atoms with Crippen molar-refractivity contribution >= 4 is 29.2 Å². The first-order valence-corrected chi connectivity index (χ1v) is 9.20. The van der Waals surface area contributed by atoms with E-state index in [0.29, 0.717) is 19.0 Å². The van der Waals surface area contributed by atoms with Crippen LogP contribution in [0.1, 0.15) is 29.3 Å². The van der Waals surface area contributed by atoms with Crippen LogP contribution in [0.3, 0.4) is 0 Å². The van der Waals surface area contributed by atoms with Gasteiger partial charge in [-0.15, -0.1) is 0 Å².